The summed E-state index contributed by atoms with van der Waals surface area (Å²) in [5, 5.41) is 8.61. The highest BCUT2D eigenvalue weighted by atomic mass is 32.2. The molecule has 10 heteroatoms. The van der Waals surface area contributed by atoms with Gasteiger partial charge in [-0.15, -0.1) is 10.2 Å². The van der Waals surface area contributed by atoms with Gasteiger partial charge in [-0.25, -0.2) is 8.42 Å². The maximum absolute atomic E-state index is 13.0. The molecule has 2 aromatic carbocycles. The van der Waals surface area contributed by atoms with Crippen molar-refractivity contribution in [2.75, 3.05) is 19.9 Å². The zero-order valence-electron chi connectivity index (χ0n) is 16.7. The van der Waals surface area contributed by atoms with Crippen LogP contribution in [0.4, 0.5) is 0 Å². The molecule has 1 fully saturated rings. The summed E-state index contributed by atoms with van der Waals surface area (Å²) < 4.78 is 44.0. The van der Waals surface area contributed by atoms with Gasteiger partial charge in [0, 0.05) is 24.4 Å². The zero-order valence-corrected chi connectivity index (χ0v) is 18.3. The fourth-order valence-electron chi connectivity index (χ4n) is 3.60. The first-order valence-electron chi connectivity index (χ1n) is 10.0. The number of piperidine rings is 1. The molecule has 0 unspecified atom stereocenters. The smallest absolute Gasteiger partial charge is 0.277 e. The number of nitrogens with zero attached hydrogens (tertiary/aromatic N) is 3. The standard InChI is InChI=1S/C21H21N3O5S2/c25-31(26,24-9-2-1-3-10-24)17-6-4-5-16(12-17)20-22-23-21(29-20)30-13-15-7-8-18-19(11-15)28-14-27-18/h4-8,11-12H,1-3,9-10,13-14H2. The minimum atomic E-state index is -3.52. The van der Waals surface area contributed by atoms with Crippen molar-refractivity contribution in [1.82, 2.24) is 14.5 Å². The maximum Gasteiger partial charge on any atom is 0.277 e. The predicted molar refractivity (Wildman–Crippen MR) is 114 cm³/mol. The number of benzene rings is 2. The van der Waals surface area contributed by atoms with Crippen molar-refractivity contribution in [2.45, 2.75) is 35.1 Å². The third-order valence-electron chi connectivity index (χ3n) is 5.24. The number of sulfonamides is 1. The number of rotatable bonds is 6. The molecule has 0 spiro atoms. The normalized spacial score (nSPS) is 16.5. The minimum Gasteiger partial charge on any atom is -0.454 e. The van der Waals surface area contributed by atoms with E-state index < -0.39 is 10.0 Å². The molecular weight excluding hydrogens is 438 g/mol. The lowest BCUT2D eigenvalue weighted by molar-refractivity contribution is 0.174. The van der Waals surface area contributed by atoms with Gasteiger partial charge >= 0.3 is 0 Å². The molecule has 1 aromatic heterocycles. The SMILES string of the molecule is O=S(=O)(c1cccc(-c2nnc(SCc3ccc4c(c3)OCO4)o2)c1)N1CCCCC1. The summed E-state index contributed by atoms with van der Waals surface area (Å²) in [6, 6.07) is 12.5. The van der Waals surface area contributed by atoms with Crippen molar-refractivity contribution in [1.29, 1.82) is 0 Å². The van der Waals surface area contributed by atoms with Crippen molar-refractivity contribution in [3.05, 3.63) is 48.0 Å². The number of hydrogen-bond donors (Lipinski definition) is 0. The van der Waals surface area contributed by atoms with Gasteiger partial charge in [-0.2, -0.15) is 4.31 Å². The largest absolute Gasteiger partial charge is 0.454 e. The van der Waals surface area contributed by atoms with Crippen LogP contribution in [-0.4, -0.2) is 42.8 Å². The third-order valence-corrected chi connectivity index (χ3v) is 8.02. The molecular formula is C21H21N3O5S2. The van der Waals surface area contributed by atoms with Gasteiger partial charge in [-0.3, -0.25) is 0 Å². The highest BCUT2D eigenvalue weighted by molar-refractivity contribution is 7.98. The second-order valence-electron chi connectivity index (χ2n) is 7.34. The summed E-state index contributed by atoms with van der Waals surface area (Å²) in [4.78, 5) is 0.250. The Hall–Kier alpha value is -2.56. The van der Waals surface area contributed by atoms with Gasteiger partial charge < -0.3 is 13.9 Å². The molecule has 0 aliphatic carbocycles. The van der Waals surface area contributed by atoms with Gasteiger partial charge in [0.1, 0.15) is 0 Å². The van der Waals surface area contributed by atoms with E-state index in [-0.39, 0.29) is 11.7 Å². The number of ether oxygens (including phenoxy) is 2. The minimum absolute atomic E-state index is 0.242. The number of hydrogen-bond acceptors (Lipinski definition) is 8. The predicted octanol–water partition coefficient (Wildman–Crippen LogP) is 3.93. The summed E-state index contributed by atoms with van der Waals surface area (Å²) >= 11 is 1.40. The van der Waals surface area contributed by atoms with Crippen LogP contribution >= 0.6 is 11.8 Å². The van der Waals surface area contributed by atoms with Crippen LogP contribution in [0, 0.1) is 0 Å². The van der Waals surface area contributed by atoms with E-state index >= 15 is 0 Å². The van der Waals surface area contributed by atoms with Gasteiger partial charge in [0.05, 0.1) is 4.90 Å². The molecule has 0 atom stereocenters. The highest BCUT2D eigenvalue weighted by Gasteiger charge is 2.26. The van der Waals surface area contributed by atoms with Crippen molar-refractivity contribution < 1.29 is 22.3 Å². The third kappa shape index (κ3) is 4.28. The molecule has 162 valence electrons. The van der Waals surface area contributed by atoms with Crippen LogP contribution in [0.5, 0.6) is 11.5 Å². The molecule has 0 saturated carbocycles. The van der Waals surface area contributed by atoms with Gasteiger partial charge in [0.2, 0.25) is 22.7 Å². The van der Waals surface area contributed by atoms with E-state index in [9.17, 15) is 8.42 Å². The van der Waals surface area contributed by atoms with E-state index in [1.165, 1.54) is 11.8 Å². The quantitative estimate of drug-likeness (QED) is 0.512. The summed E-state index contributed by atoms with van der Waals surface area (Å²) in [7, 11) is -3.52. The molecule has 8 nitrogen and oxygen atoms in total. The molecule has 0 bridgehead atoms. The summed E-state index contributed by atoms with van der Waals surface area (Å²) in [5.74, 6) is 2.40. The van der Waals surface area contributed by atoms with E-state index in [1.807, 2.05) is 18.2 Å². The maximum atomic E-state index is 13.0. The average molecular weight is 460 g/mol. The van der Waals surface area contributed by atoms with E-state index in [0.717, 1.165) is 36.3 Å². The van der Waals surface area contributed by atoms with Crippen LogP contribution in [0.15, 0.2) is 57.0 Å². The number of thioether (sulfide) groups is 1. The van der Waals surface area contributed by atoms with Crippen LogP contribution < -0.4 is 9.47 Å². The Morgan fingerprint density at radius 2 is 1.81 bits per heavy atom. The number of fused-ring (bicyclic) bond motifs is 1. The Morgan fingerprint density at radius 1 is 0.968 bits per heavy atom. The van der Waals surface area contributed by atoms with Gasteiger partial charge in [0.25, 0.3) is 5.22 Å². The lowest BCUT2D eigenvalue weighted by Gasteiger charge is -2.25. The van der Waals surface area contributed by atoms with Crippen molar-refractivity contribution in [3.8, 4) is 23.0 Å². The van der Waals surface area contributed by atoms with E-state index in [4.69, 9.17) is 13.9 Å². The van der Waals surface area contributed by atoms with Gasteiger partial charge in [-0.05, 0) is 48.7 Å². The van der Waals surface area contributed by atoms with Crippen molar-refractivity contribution >= 4 is 21.8 Å². The Morgan fingerprint density at radius 3 is 2.68 bits per heavy atom. The lowest BCUT2D eigenvalue weighted by atomic mass is 10.2. The van der Waals surface area contributed by atoms with Crippen LogP contribution in [0.1, 0.15) is 24.8 Å². The first kappa shape index (κ1) is 20.3. The monoisotopic (exact) mass is 459 g/mol. The highest BCUT2D eigenvalue weighted by Crippen LogP contribution is 2.34. The molecule has 0 radical (unpaired) electrons. The van der Waals surface area contributed by atoms with Crippen LogP contribution in [0.25, 0.3) is 11.5 Å². The first-order chi connectivity index (χ1) is 15.1. The summed E-state index contributed by atoms with van der Waals surface area (Å²) in [6.07, 6.45) is 2.86. The van der Waals surface area contributed by atoms with Gasteiger partial charge in [-0.1, -0.05) is 30.3 Å². The summed E-state index contributed by atoms with van der Waals surface area (Å²) in [5.41, 5.74) is 1.63. The Kier molecular flexibility index (Phi) is 5.59. The summed E-state index contributed by atoms with van der Waals surface area (Å²) in [6.45, 7) is 1.37. The van der Waals surface area contributed by atoms with E-state index in [2.05, 4.69) is 10.2 Å². The molecule has 31 heavy (non-hydrogen) atoms. The number of aromatic nitrogens is 2. The molecule has 1 saturated heterocycles. The Balaban J connectivity index is 1.30. The van der Waals surface area contributed by atoms with Crippen LogP contribution in [0.3, 0.4) is 0 Å². The average Bonchev–Trinajstić information content (AvgIpc) is 3.47. The zero-order chi connectivity index (χ0) is 21.3. The molecule has 0 N–H and O–H groups in total. The molecule has 0 amide bonds. The lowest BCUT2D eigenvalue weighted by Crippen LogP contribution is -2.35. The van der Waals surface area contributed by atoms with E-state index in [0.29, 0.717) is 35.5 Å². The second kappa shape index (κ2) is 8.52. The van der Waals surface area contributed by atoms with Gasteiger partial charge in [0.15, 0.2) is 11.5 Å². The van der Waals surface area contributed by atoms with Crippen LogP contribution in [-0.2, 0) is 15.8 Å². The Labute approximate surface area is 184 Å². The van der Waals surface area contributed by atoms with Crippen LogP contribution in [0.2, 0.25) is 0 Å². The molecule has 3 aromatic rings. The fraction of sp³-hybridized carbons (Fsp3) is 0.333. The molecule has 3 heterocycles. The first-order valence-corrected chi connectivity index (χ1v) is 12.5. The molecule has 2 aliphatic heterocycles. The molecule has 5 rings (SSSR count). The topological polar surface area (TPSA) is 94.8 Å². The second-order valence-corrected chi connectivity index (χ2v) is 10.2. The van der Waals surface area contributed by atoms with Crippen molar-refractivity contribution in [3.63, 3.8) is 0 Å². The molecule has 2 aliphatic rings. The fourth-order valence-corrected chi connectivity index (χ4v) is 5.87. The van der Waals surface area contributed by atoms with Crippen molar-refractivity contribution in [2.24, 2.45) is 0 Å². The Bertz CT molecular complexity index is 1190. The van der Waals surface area contributed by atoms with E-state index in [1.54, 1.807) is 28.6 Å².